The number of thioether (sulfide) groups is 1. The van der Waals surface area contributed by atoms with Crippen molar-refractivity contribution in [3.05, 3.63) is 53.9 Å². The van der Waals surface area contributed by atoms with Crippen LogP contribution in [0.1, 0.15) is 11.4 Å². The van der Waals surface area contributed by atoms with Crippen molar-refractivity contribution in [1.29, 1.82) is 0 Å². The summed E-state index contributed by atoms with van der Waals surface area (Å²) in [6.45, 7) is 0. The second-order valence-corrected chi connectivity index (χ2v) is 5.71. The van der Waals surface area contributed by atoms with Crippen LogP contribution in [0.3, 0.4) is 0 Å². The lowest BCUT2D eigenvalue weighted by Crippen LogP contribution is -2.15. The van der Waals surface area contributed by atoms with E-state index in [0.29, 0.717) is 17.4 Å². The van der Waals surface area contributed by atoms with Crippen molar-refractivity contribution in [3.8, 4) is 0 Å². The molecule has 6 nitrogen and oxygen atoms in total. The highest BCUT2D eigenvalue weighted by molar-refractivity contribution is 7.99. The van der Waals surface area contributed by atoms with Gasteiger partial charge in [0.05, 0.1) is 5.75 Å². The zero-order valence-electron chi connectivity index (χ0n) is 11.6. The normalized spacial score (nSPS) is 10.9. The van der Waals surface area contributed by atoms with Gasteiger partial charge in [-0.15, -0.1) is 10.2 Å². The number of hydrogen-bond donors (Lipinski definition) is 2. The van der Waals surface area contributed by atoms with Crippen molar-refractivity contribution in [2.45, 2.75) is 11.6 Å². The molecule has 2 aromatic carbocycles. The Hall–Kier alpha value is -2.54. The second kappa shape index (κ2) is 6.07. The van der Waals surface area contributed by atoms with Gasteiger partial charge in [0.15, 0.2) is 5.82 Å². The van der Waals surface area contributed by atoms with Crippen molar-refractivity contribution in [2.75, 3.05) is 11.6 Å². The minimum atomic E-state index is -0.913. The number of aromatic nitrogens is 3. The molecular weight excluding hydrogens is 300 g/mol. The Balaban J connectivity index is 1.88. The van der Waals surface area contributed by atoms with Crippen LogP contribution in [0.4, 0.5) is 0 Å². The van der Waals surface area contributed by atoms with E-state index < -0.39 is 5.97 Å². The third-order valence-corrected chi connectivity index (χ3v) is 4.22. The number of aliphatic carboxylic acids is 1. The highest BCUT2D eigenvalue weighted by Gasteiger charge is 2.13. The first kappa shape index (κ1) is 14.4. The van der Waals surface area contributed by atoms with E-state index in [1.165, 1.54) is 4.68 Å². The summed E-state index contributed by atoms with van der Waals surface area (Å²) in [6.07, 6.45) is 0.540. The molecule has 3 aromatic rings. The molecule has 0 amide bonds. The summed E-state index contributed by atoms with van der Waals surface area (Å²) in [4.78, 5) is 10.6. The topological polar surface area (TPSA) is 94.0 Å². The van der Waals surface area contributed by atoms with Crippen LogP contribution >= 0.6 is 11.8 Å². The van der Waals surface area contributed by atoms with Gasteiger partial charge in [0.1, 0.15) is 0 Å². The number of carboxylic acid groups (broad SMARTS) is 1. The summed E-state index contributed by atoms with van der Waals surface area (Å²) >= 11 is 1.05. The van der Waals surface area contributed by atoms with Crippen LogP contribution < -0.4 is 5.84 Å². The van der Waals surface area contributed by atoms with E-state index in [1.807, 2.05) is 24.3 Å². The Morgan fingerprint density at radius 2 is 1.95 bits per heavy atom. The molecule has 1 heterocycles. The van der Waals surface area contributed by atoms with Gasteiger partial charge in [0, 0.05) is 6.42 Å². The maximum atomic E-state index is 10.6. The standard InChI is InChI=1S/C15H14N4O2S/c16-19-13(17-18-15(19)22-9-14(20)21)8-11-6-3-5-10-4-1-2-7-12(10)11/h1-7H,8-9,16H2,(H,20,21). The smallest absolute Gasteiger partial charge is 0.313 e. The molecule has 0 radical (unpaired) electrons. The fraction of sp³-hybridized carbons (Fsp3) is 0.133. The highest BCUT2D eigenvalue weighted by Crippen LogP contribution is 2.22. The van der Waals surface area contributed by atoms with Gasteiger partial charge < -0.3 is 10.9 Å². The van der Waals surface area contributed by atoms with Gasteiger partial charge in [0.2, 0.25) is 5.16 Å². The first-order valence-electron chi connectivity index (χ1n) is 6.66. The van der Waals surface area contributed by atoms with Gasteiger partial charge >= 0.3 is 5.97 Å². The molecule has 22 heavy (non-hydrogen) atoms. The van der Waals surface area contributed by atoms with Gasteiger partial charge in [-0.1, -0.05) is 54.2 Å². The van der Waals surface area contributed by atoms with E-state index in [-0.39, 0.29) is 5.75 Å². The molecule has 0 aliphatic carbocycles. The molecule has 0 aliphatic rings. The van der Waals surface area contributed by atoms with Crippen LogP contribution in [0.25, 0.3) is 10.8 Å². The summed E-state index contributed by atoms with van der Waals surface area (Å²) < 4.78 is 1.36. The third-order valence-electron chi connectivity index (χ3n) is 3.29. The zero-order chi connectivity index (χ0) is 15.5. The van der Waals surface area contributed by atoms with E-state index in [4.69, 9.17) is 10.9 Å². The van der Waals surface area contributed by atoms with Crippen molar-refractivity contribution in [1.82, 2.24) is 14.9 Å². The van der Waals surface area contributed by atoms with E-state index in [0.717, 1.165) is 28.1 Å². The van der Waals surface area contributed by atoms with Crippen LogP contribution in [-0.4, -0.2) is 31.7 Å². The van der Waals surface area contributed by atoms with E-state index in [1.54, 1.807) is 0 Å². The van der Waals surface area contributed by atoms with Gasteiger partial charge in [-0.05, 0) is 16.3 Å². The molecule has 0 unspecified atom stereocenters. The van der Waals surface area contributed by atoms with Crippen molar-refractivity contribution >= 4 is 28.5 Å². The molecule has 0 spiro atoms. The fourth-order valence-corrected chi connectivity index (χ4v) is 2.87. The molecule has 1 aromatic heterocycles. The molecule has 0 aliphatic heterocycles. The lowest BCUT2D eigenvalue weighted by atomic mass is 10.0. The van der Waals surface area contributed by atoms with Crippen molar-refractivity contribution < 1.29 is 9.90 Å². The van der Waals surface area contributed by atoms with Crippen molar-refractivity contribution in [2.24, 2.45) is 0 Å². The maximum Gasteiger partial charge on any atom is 0.313 e. The fourth-order valence-electron chi connectivity index (χ4n) is 2.27. The molecule has 3 rings (SSSR count). The molecule has 0 saturated carbocycles. The monoisotopic (exact) mass is 314 g/mol. The van der Waals surface area contributed by atoms with E-state index >= 15 is 0 Å². The van der Waals surface area contributed by atoms with E-state index in [2.05, 4.69) is 28.4 Å². The number of rotatable bonds is 5. The largest absolute Gasteiger partial charge is 0.481 e. The quantitative estimate of drug-likeness (QED) is 0.552. The SMILES string of the molecule is Nn1c(Cc2cccc3ccccc23)nnc1SCC(=O)O. The molecule has 0 bridgehead atoms. The Labute approximate surface area is 130 Å². The number of nitrogens with two attached hydrogens (primary N) is 1. The molecule has 0 saturated heterocycles. The number of carboxylic acids is 1. The molecule has 112 valence electrons. The summed E-state index contributed by atoms with van der Waals surface area (Å²) in [5, 5.41) is 19.4. The first-order valence-corrected chi connectivity index (χ1v) is 7.64. The predicted molar refractivity (Wildman–Crippen MR) is 85.3 cm³/mol. The Bertz CT molecular complexity index is 826. The van der Waals surface area contributed by atoms with Crippen LogP contribution in [0.5, 0.6) is 0 Å². The summed E-state index contributed by atoms with van der Waals surface area (Å²) in [7, 11) is 0. The predicted octanol–water partition coefficient (Wildman–Crippen LogP) is 1.91. The number of carbonyl (C=O) groups is 1. The Kier molecular flexibility index (Phi) is 3.97. The number of benzene rings is 2. The number of nitrogen functional groups attached to an aromatic ring is 1. The minimum Gasteiger partial charge on any atom is -0.481 e. The van der Waals surface area contributed by atoms with Gasteiger partial charge in [-0.3, -0.25) is 4.79 Å². The zero-order valence-corrected chi connectivity index (χ0v) is 12.5. The van der Waals surface area contributed by atoms with Crippen LogP contribution in [-0.2, 0) is 11.2 Å². The number of nitrogens with zero attached hydrogens (tertiary/aromatic N) is 3. The lowest BCUT2D eigenvalue weighted by molar-refractivity contribution is -0.133. The van der Waals surface area contributed by atoms with Crippen LogP contribution in [0.15, 0.2) is 47.6 Å². The van der Waals surface area contributed by atoms with Gasteiger partial charge in [-0.25, -0.2) is 4.68 Å². The average Bonchev–Trinajstić information content (AvgIpc) is 2.86. The number of fused-ring (bicyclic) bond motifs is 1. The van der Waals surface area contributed by atoms with Crippen LogP contribution in [0, 0.1) is 0 Å². The summed E-state index contributed by atoms with van der Waals surface area (Å²) in [5.41, 5.74) is 1.10. The molecule has 7 heteroatoms. The van der Waals surface area contributed by atoms with E-state index in [9.17, 15) is 4.79 Å². The van der Waals surface area contributed by atoms with Crippen molar-refractivity contribution in [3.63, 3.8) is 0 Å². The summed E-state index contributed by atoms with van der Waals surface area (Å²) in [5.74, 6) is 5.55. The maximum absolute atomic E-state index is 10.6. The van der Waals surface area contributed by atoms with Gasteiger partial charge in [0.25, 0.3) is 0 Å². The lowest BCUT2D eigenvalue weighted by Gasteiger charge is -2.06. The molecular formula is C15H14N4O2S. The summed E-state index contributed by atoms with van der Waals surface area (Å²) in [6, 6.07) is 14.2. The highest BCUT2D eigenvalue weighted by atomic mass is 32.2. The first-order chi connectivity index (χ1) is 10.6. The average molecular weight is 314 g/mol. The van der Waals surface area contributed by atoms with Gasteiger partial charge in [-0.2, -0.15) is 0 Å². The third kappa shape index (κ3) is 2.89. The minimum absolute atomic E-state index is 0.0936. The Morgan fingerprint density at radius 1 is 1.18 bits per heavy atom. The number of hydrogen-bond acceptors (Lipinski definition) is 5. The second-order valence-electron chi connectivity index (χ2n) is 4.77. The molecule has 0 atom stereocenters. The molecule has 0 fully saturated rings. The molecule has 3 N–H and O–H groups in total. The Morgan fingerprint density at radius 3 is 2.77 bits per heavy atom. The van der Waals surface area contributed by atoms with Crippen LogP contribution in [0.2, 0.25) is 0 Å².